The monoisotopic (exact) mass is 583 g/mol. The Balaban J connectivity index is 0.000000231. The Labute approximate surface area is 261 Å². The molecule has 0 heterocycles. The van der Waals surface area contributed by atoms with Crippen LogP contribution < -0.4 is 9.64 Å². The molecule has 4 rings (SSSR count). The molecule has 0 aliphatic carbocycles. The molecule has 0 saturated heterocycles. The van der Waals surface area contributed by atoms with Crippen LogP contribution in [0.1, 0.15) is 92.9 Å². The summed E-state index contributed by atoms with van der Waals surface area (Å²) in [6.07, 6.45) is 0. The summed E-state index contributed by atoms with van der Waals surface area (Å²) in [6, 6.07) is 34.0. The Morgan fingerprint density at radius 2 is 0.930 bits per heavy atom. The maximum atomic E-state index is 13.1. The summed E-state index contributed by atoms with van der Waals surface area (Å²) in [5, 5.41) is 0. The number of hydrogen-bond acceptors (Lipinski definition) is 2. The number of para-hydroxylation sites is 1. The van der Waals surface area contributed by atoms with Crippen LogP contribution in [0.3, 0.4) is 0 Å². The van der Waals surface area contributed by atoms with E-state index in [4.69, 9.17) is 4.74 Å². The highest BCUT2D eigenvalue weighted by Crippen LogP contribution is 2.27. The van der Waals surface area contributed by atoms with E-state index in [1.54, 1.807) is 6.07 Å². The highest BCUT2D eigenvalue weighted by molar-refractivity contribution is 5.48. The molecule has 43 heavy (non-hydrogen) atoms. The van der Waals surface area contributed by atoms with E-state index < -0.39 is 0 Å². The first-order valence-corrected chi connectivity index (χ1v) is 15.5. The van der Waals surface area contributed by atoms with Crippen molar-refractivity contribution in [1.29, 1.82) is 0 Å². The van der Waals surface area contributed by atoms with Gasteiger partial charge in [-0.1, -0.05) is 123 Å². The summed E-state index contributed by atoms with van der Waals surface area (Å²) < 4.78 is 18.8. The second kappa shape index (κ2) is 15.8. The third-order valence-electron chi connectivity index (χ3n) is 7.24. The number of nitrogens with zero attached hydrogens (tertiary/aromatic N) is 1. The zero-order valence-corrected chi connectivity index (χ0v) is 28.5. The van der Waals surface area contributed by atoms with Crippen molar-refractivity contribution in [2.45, 2.75) is 92.4 Å². The van der Waals surface area contributed by atoms with Crippen molar-refractivity contribution < 1.29 is 9.13 Å². The first-order chi connectivity index (χ1) is 20.1. The van der Waals surface area contributed by atoms with Crippen LogP contribution in [0.15, 0.2) is 103 Å². The zero-order chi connectivity index (χ0) is 32.3. The largest absolute Gasteiger partial charge is 0.457 e. The maximum absolute atomic E-state index is 13.1. The van der Waals surface area contributed by atoms with Crippen LogP contribution in [0, 0.1) is 5.82 Å². The minimum absolute atomic E-state index is 0.0919. The molecule has 0 spiro atoms. The molecular formula is C40H54FNO. The van der Waals surface area contributed by atoms with Gasteiger partial charge in [-0.25, -0.2) is 4.39 Å². The summed E-state index contributed by atoms with van der Waals surface area (Å²) in [5.74, 6) is 1.64. The van der Waals surface area contributed by atoms with E-state index in [1.807, 2.05) is 75.4 Å². The summed E-state index contributed by atoms with van der Waals surface area (Å²) in [5.41, 5.74) is 5.17. The zero-order valence-electron chi connectivity index (χ0n) is 28.5. The van der Waals surface area contributed by atoms with E-state index in [-0.39, 0.29) is 22.1 Å². The number of rotatable bonds is 5. The molecule has 0 aliphatic heterocycles. The van der Waals surface area contributed by atoms with Gasteiger partial charge in [-0.3, -0.25) is 0 Å². The number of hydrogen-bond donors (Lipinski definition) is 0. The molecule has 4 aromatic rings. The van der Waals surface area contributed by atoms with Crippen molar-refractivity contribution in [1.82, 2.24) is 0 Å². The van der Waals surface area contributed by atoms with Gasteiger partial charge >= 0.3 is 0 Å². The molecule has 0 saturated carbocycles. The highest BCUT2D eigenvalue weighted by atomic mass is 19.1. The van der Waals surface area contributed by atoms with Gasteiger partial charge < -0.3 is 9.64 Å². The Morgan fingerprint density at radius 1 is 0.512 bits per heavy atom. The Morgan fingerprint density at radius 3 is 1.33 bits per heavy atom. The van der Waals surface area contributed by atoms with Crippen LogP contribution in [0.25, 0.3) is 0 Å². The Bertz CT molecular complexity index is 1340. The predicted octanol–water partition coefficient (Wildman–Crippen LogP) is 11.7. The van der Waals surface area contributed by atoms with Gasteiger partial charge in [-0.15, -0.1) is 0 Å². The number of anilines is 1. The average Bonchev–Trinajstić information content (AvgIpc) is 2.94. The van der Waals surface area contributed by atoms with Gasteiger partial charge in [-0.05, 0) is 89.2 Å². The second-order valence-corrected chi connectivity index (χ2v) is 13.9. The lowest BCUT2D eigenvalue weighted by atomic mass is 9.87. The SMILES string of the molecule is CC(C)(C)c1ccc(Oc2ccccc2)cc1.CC(C)(C)c1ccccc1F.CCN(CC)c1ccc(C(C)(C)C)cc1. The quantitative estimate of drug-likeness (QED) is 0.232. The van der Waals surface area contributed by atoms with Crippen LogP contribution in [-0.4, -0.2) is 13.1 Å². The molecule has 0 aromatic heterocycles. The molecule has 0 bridgehead atoms. The lowest BCUT2D eigenvalue weighted by Crippen LogP contribution is -2.22. The molecule has 0 N–H and O–H groups in total. The number of ether oxygens (including phenoxy) is 1. The van der Waals surface area contributed by atoms with Crippen molar-refractivity contribution >= 4 is 5.69 Å². The lowest BCUT2D eigenvalue weighted by molar-refractivity contribution is 0.481. The van der Waals surface area contributed by atoms with E-state index >= 15 is 0 Å². The van der Waals surface area contributed by atoms with E-state index in [0.29, 0.717) is 0 Å². The number of benzene rings is 4. The normalized spacial score (nSPS) is 11.4. The van der Waals surface area contributed by atoms with Crippen molar-refractivity contribution in [2.24, 2.45) is 0 Å². The van der Waals surface area contributed by atoms with Gasteiger partial charge in [0.25, 0.3) is 0 Å². The van der Waals surface area contributed by atoms with Crippen molar-refractivity contribution in [3.63, 3.8) is 0 Å². The Hall–Kier alpha value is -3.59. The molecular weight excluding hydrogens is 529 g/mol. The fourth-order valence-corrected chi connectivity index (χ4v) is 4.48. The van der Waals surface area contributed by atoms with Crippen molar-refractivity contribution in [2.75, 3.05) is 18.0 Å². The molecule has 0 atom stereocenters. The fraction of sp³-hybridized carbons (Fsp3) is 0.400. The molecule has 232 valence electrons. The van der Waals surface area contributed by atoms with Crippen LogP contribution in [0.4, 0.5) is 10.1 Å². The van der Waals surface area contributed by atoms with Gasteiger partial charge in [0.15, 0.2) is 0 Å². The summed E-state index contributed by atoms with van der Waals surface area (Å²) in [4.78, 5) is 2.37. The molecule has 2 nitrogen and oxygen atoms in total. The average molecular weight is 584 g/mol. The van der Waals surface area contributed by atoms with Gasteiger partial charge in [0.1, 0.15) is 17.3 Å². The van der Waals surface area contributed by atoms with Gasteiger partial charge in [0.2, 0.25) is 0 Å². The molecule has 0 amide bonds. The summed E-state index contributed by atoms with van der Waals surface area (Å²) in [6.45, 7) is 25.9. The first-order valence-electron chi connectivity index (χ1n) is 15.5. The third-order valence-corrected chi connectivity index (χ3v) is 7.24. The van der Waals surface area contributed by atoms with Gasteiger partial charge in [0.05, 0.1) is 0 Å². The summed E-state index contributed by atoms with van der Waals surface area (Å²) in [7, 11) is 0. The predicted molar refractivity (Wildman–Crippen MR) is 185 cm³/mol. The smallest absolute Gasteiger partial charge is 0.127 e. The maximum Gasteiger partial charge on any atom is 0.127 e. The lowest BCUT2D eigenvalue weighted by Gasteiger charge is -2.23. The van der Waals surface area contributed by atoms with E-state index in [1.165, 1.54) is 22.9 Å². The van der Waals surface area contributed by atoms with E-state index in [9.17, 15) is 4.39 Å². The standard InChI is InChI=1S/C16H18O.C14H23N.C10H13F/c1-16(2,3)13-9-11-15(12-10-13)17-14-7-5-4-6-8-14;1-6-15(7-2)13-10-8-12(9-11-13)14(3,4)5;1-10(2,3)8-6-4-5-7-9(8)11/h4-12H,1-3H3;8-11H,6-7H2,1-5H3;4-7H,1-3H3. The molecule has 0 aliphatic rings. The molecule has 3 heteroatoms. The Kier molecular flexibility index (Phi) is 13.0. The molecule has 0 radical (unpaired) electrons. The molecule has 0 unspecified atom stereocenters. The minimum atomic E-state index is -0.111. The molecule has 0 fully saturated rings. The topological polar surface area (TPSA) is 12.5 Å². The fourth-order valence-electron chi connectivity index (χ4n) is 4.48. The van der Waals surface area contributed by atoms with Crippen LogP contribution in [-0.2, 0) is 16.2 Å². The van der Waals surface area contributed by atoms with Crippen LogP contribution >= 0.6 is 0 Å². The van der Waals surface area contributed by atoms with E-state index in [0.717, 1.165) is 30.2 Å². The van der Waals surface area contributed by atoms with Gasteiger partial charge in [-0.2, -0.15) is 0 Å². The second-order valence-electron chi connectivity index (χ2n) is 13.9. The number of halogens is 1. The van der Waals surface area contributed by atoms with Crippen molar-refractivity contribution in [3.05, 3.63) is 126 Å². The van der Waals surface area contributed by atoms with Gasteiger partial charge in [0, 0.05) is 18.8 Å². The van der Waals surface area contributed by atoms with Crippen LogP contribution in [0.2, 0.25) is 0 Å². The third kappa shape index (κ3) is 11.9. The van der Waals surface area contributed by atoms with Crippen molar-refractivity contribution in [3.8, 4) is 11.5 Å². The van der Waals surface area contributed by atoms with E-state index in [2.05, 4.69) is 96.7 Å². The first kappa shape index (κ1) is 35.6. The minimum Gasteiger partial charge on any atom is -0.457 e. The molecule has 4 aromatic carbocycles. The highest BCUT2D eigenvalue weighted by Gasteiger charge is 2.17. The van der Waals surface area contributed by atoms with Crippen LogP contribution in [0.5, 0.6) is 11.5 Å². The summed E-state index contributed by atoms with van der Waals surface area (Å²) >= 11 is 0.